The number of Topliss-reactive ketones (excluding diaryl/α,β-unsaturated/α-hetero) is 1. The Morgan fingerprint density at radius 3 is 2.60 bits per heavy atom. The van der Waals surface area contributed by atoms with Crippen LogP contribution in [0, 0.1) is 0 Å². The van der Waals surface area contributed by atoms with Gasteiger partial charge in [-0.15, -0.1) is 0 Å². The summed E-state index contributed by atoms with van der Waals surface area (Å²) in [5, 5.41) is 0. The second-order valence-electron chi connectivity index (χ2n) is 3.07. The lowest BCUT2D eigenvalue weighted by Crippen LogP contribution is -1.94. The number of ketones is 1. The molecule has 0 aliphatic rings. The van der Waals surface area contributed by atoms with E-state index in [1.54, 1.807) is 18.2 Å². The number of methoxy groups -OCH3 is 1. The van der Waals surface area contributed by atoms with E-state index in [4.69, 9.17) is 4.74 Å². The highest BCUT2D eigenvalue weighted by Gasteiger charge is 2.08. The minimum Gasteiger partial charge on any atom is -0.497 e. The number of carbonyl (C=O) groups is 1. The molecular weight excluding hydrogens is 190 g/mol. The molecule has 0 atom stereocenters. The largest absolute Gasteiger partial charge is 0.497 e. The zero-order valence-corrected chi connectivity index (χ0v) is 8.91. The van der Waals surface area contributed by atoms with Gasteiger partial charge in [0.15, 0.2) is 5.78 Å². The van der Waals surface area contributed by atoms with Crippen LogP contribution in [-0.4, -0.2) is 19.6 Å². The van der Waals surface area contributed by atoms with Gasteiger partial charge in [-0.3, -0.25) is 9.79 Å². The van der Waals surface area contributed by atoms with Gasteiger partial charge in [0.2, 0.25) is 0 Å². The fourth-order valence-corrected chi connectivity index (χ4v) is 1.23. The molecular formula is C12H13NO2. The predicted octanol–water partition coefficient (Wildman–Crippen LogP) is 2.84. The summed E-state index contributed by atoms with van der Waals surface area (Å²) in [6.45, 7) is 8.69. The molecule has 3 nitrogen and oxygen atoms in total. The van der Waals surface area contributed by atoms with Crippen LogP contribution in [0.3, 0.4) is 0 Å². The standard InChI is InChI=1S/C12H13NO2/c1-8(14)10-5-6-12(13-3)11(7-10)9(2)15-4/h5-7H,2-3H2,1,4H3. The Morgan fingerprint density at radius 1 is 1.47 bits per heavy atom. The first-order chi connectivity index (χ1) is 7.10. The molecule has 1 aromatic carbocycles. The van der Waals surface area contributed by atoms with Crippen LogP contribution in [0.4, 0.5) is 5.69 Å². The van der Waals surface area contributed by atoms with Gasteiger partial charge in [0.25, 0.3) is 0 Å². The Labute approximate surface area is 89.1 Å². The van der Waals surface area contributed by atoms with Crippen LogP contribution in [0.25, 0.3) is 5.76 Å². The van der Waals surface area contributed by atoms with E-state index in [0.717, 1.165) is 0 Å². The van der Waals surface area contributed by atoms with Crippen molar-refractivity contribution in [3.05, 3.63) is 35.9 Å². The van der Waals surface area contributed by atoms with Crippen molar-refractivity contribution in [3.63, 3.8) is 0 Å². The first-order valence-electron chi connectivity index (χ1n) is 4.45. The lowest BCUT2D eigenvalue weighted by molar-refractivity contribution is 0.101. The van der Waals surface area contributed by atoms with Gasteiger partial charge in [-0.2, -0.15) is 0 Å². The van der Waals surface area contributed by atoms with E-state index in [0.29, 0.717) is 22.6 Å². The van der Waals surface area contributed by atoms with Crippen molar-refractivity contribution in [2.24, 2.45) is 4.99 Å². The molecule has 0 saturated carbocycles. The lowest BCUT2D eigenvalue weighted by atomic mass is 10.1. The van der Waals surface area contributed by atoms with Crippen LogP contribution in [0.15, 0.2) is 29.8 Å². The number of aliphatic imine (C=N–C) groups is 1. The van der Waals surface area contributed by atoms with E-state index in [9.17, 15) is 4.79 Å². The Bertz CT molecular complexity index is 422. The fraction of sp³-hybridized carbons (Fsp3) is 0.167. The average Bonchev–Trinajstić information content (AvgIpc) is 2.27. The van der Waals surface area contributed by atoms with Crippen LogP contribution in [0.1, 0.15) is 22.8 Å². The van der Waals surface area contributed by atoms with E-state index in [1.807, 2.05) is 0 Å². The number of benzene rings is 1. The van der Waals surface area contributed by atoms with E-state index in [2.05, 4.69) is 18.3 Å². The number of hydrogen-bond acceptors (Lipinski definition) is 3. The van der Waals surface area contributed by atoms with Gasteiger partial charge in [0.05, 0.1) is 12.8 Å². The van der Waals surface area contributed by atoms with Crippen LogP contribution in [-0.2, 0) is 4.74 Å². The molecule has 0 radical (unpaired) electrons. The highest BCUT2D eigenvalue weighted by atomic mass is 16.5. The Kier molecular flexibility index (Phi) is 3.39. The van der Waals surface area contributed by atoms with Gasteiger partial charge in [-0.1, -0.05) is 6.58 Å². The minimum atomic E-state index is -0.00392. The van der Waals surface area contributed by atoms with Crippen molar-refractivity contribution in [1.29, 1.82) is 0 Å². The summed E-state index contributed by atoms with van der Waals surface area (Å²) in [7, 11) is 1.52. The number of carbonyl (C=O) groups excluding carboxylic acids is 1. The molecule has 0 aliphatic heterocycles. The molecule has 78 valence electrons. The highest BCUT2D eigenvalue weighted by Crippen LogP contribution is 2.26. The smallest absolute Gasteiger partial charge is 0.159 e. The SMILES string of the molecule is C=Nc1ccc(C(C)=O)cc1C(=C)OC. The summed E-state index contributed by atoms with van der Waals surface area (Å²) < 4.78 is 5.02. The van der Waals surface area contributed by atoms with E-state index >= 15 is 0 Å². The summed E-state index contributed by atoms with van der Waals surface area (Å²) in [5.41, 5.74) is 1.96. The van der Waals surface area contributed by atoms with Crippen LogP contribution < -0.4 is 0 Å². The molecule has 0 fully saturated rings. The third-order valence-corrected chi connectivity index (χ3v) is 2.12. The number of rotatable bonds is 4. The topological polar surface area (TPSA) is 38.7 Å². The van der Waals surface area contributed by atoms with Crippen molar-refractivity contribution in [1.82, 2.24) is 0 Å². The zero-order valence-electron chi connectivity index (χ0n) is 8.91. The third kappa shape index (κ3) is 2.31. The quantitative estimate of drug-likeness (QED) is 0.428. The molecule has 0 amide bonds. The van der Waals surface area contributed by atoms with Gasteiger partial charge >= 0.3 is 0 Å². The van der Waals surface area contributed by atoms with Gasteiger partial charge < -0.3 is 4.74 Å². The monoisotopic (exact) mass is 203 g/mol. The molecule has 1 rings (SSSR count). The van der Waals surface area contributed by atoms with Gasteiger partial charge in [-0.25, -0.2) is 0 Å². The maximum absolute atomic E-state index is 11.2. The van der Waals surface area contributed by atoms with Crippen molar-refractivity contribution in [2.45, 2.75) is 6.92 Å². The Morgan fingerprint density at radius 2 is 2.13 bits per heavy atom. The molecule has 0 saturated heterocycles. The van der Waals surface area contributed by atoms with Crippen molar-refractivity contribution in [3.8, 4) is 0 Å². The molecule has 1 aromatic rings. The van der Waals surface area contributed by atoms with Gasteiger partial charge in [0.1, 0.15) is 5.76 Å². The third-order valence-electron chi connectivity index (χ3n) is 2.12. The maximum Gasteiger partial charge on any atom is 0.159 e. The zero-order chi connectivity index (χ0) is 11.4. The minimum absolute atomic E-state index is 0.00392. The van der Waals surface area contributed by atoms with E-state index in [1.165, 1.54) is 14.0 Å². The summed E-state index contributed by atoms with van der Waals surface area (Å²) in [4.78, 5) is 15.0. The van der Waals surface area contributed by atoms with E-state index in [-0.39, 0.29) is 5.78 Å². The summed E-state index contributed by atoms with van der Waals surface area (Å²) >= 11 is 0. The lowest BCUT2D eigenvalue weighted by Gasteiger charge is -2.08. The van der Waals surface area contributed by atoms with Gasteiger partial charge in [0, 0.05) is 11.1 Å². The van der Waals surface area contributed by atoms with Crippen molar-refractivity contribution < 1.29 is 9.53 Å². The van der Waals surface area contributed by atoms with Crippen LogP contribution >= 0.6 is 0 Å². The van der Waals surface area contributed by atoms with Gasteiger partial charge in [-0.05, 0) is 31.8 Å². The highest BCUT2D eigenvalue weighted by molar-refractivity contribution is 5.95. The molecule has 15 heavy (non-hydrogen) atoms. The summed E-state index contributed by atoms with van der Waals surface area (Å²) in [5.74, 6) is 0.469. The molecule has 0 N–H and O–H groups in total. The average molecular weight is 203 g/mol. The fourth-order valence-electron chi connectivity index (χ4n) is 1.23. The number of hydrogen-bond donors (Lipinski definition) is 0. The van der Waals surface area contributed by atoms with Crippen molar-refractivity contribution in [2.75, 3.05) is 7.11 Å². The normalized spacial score (nSPS) is 9.47. The first-order valence-corrected chi connectivity index (χ1v) is 4.45. The number of nitrogens with zero attached hydrogens (tertiary/aromatic N) is 1. The second-order valence-corrected chi connectivity index (χ2v) is 3.07. The second kappa shape index (κ2) is 4.55. The first kappa shape index (κ1) is 11.2. The van der Waals surface area contributed by atoms with E-state index < -0.39 is 0 Å². The Hall–Kier alpha value is -1.90. The molecule has 0 bridgehead atoms. The molecule has 0 unspecified atom stereocenters. The van der Waals surface area contributed by atoms with Crippen LogP contribution in [0.5, 0.6) is 0 Å². The van der Waals surface area contributed by atoms with Crippen molar-refractivity contribution >= 4 is 23.9 Å². The molecule has 0 aromatic heterocycles. The summed E-state index contributed by atoms with van der Waals surface area (Å²) in [6.07, 6.45) is 0. The van der Waals surface area contributed by atoms with Crippen LogP contribution in [0.2, 0.25) is 0 Å². The maximum atomic E-state index is 11.2. The molecule has 3 heteroatoms. The molecule has 0 aliphatic carbocycles. The Balaban J connectivity index is 3.31. The summed E-state index contributed by atoms with van der Waals surface area (Å²) in [6, 6.07) is 5.14. The molecule has 0 heterocycles. The molecule has 0 spiro atoms. The predicted molar refractivity (Wildman–Crippen MR) is 61.7 cm³/mol. The number of ether oxygens (including phenoxy) is 1.